The molecule has 0 radical (unpaired) electrons. The van der Waals surface area contributed by atoms with Crippen molar-refractivity contribution in [1.29, 1.82) is 0 Å². The Hall–Kier alpha value is -7.01. The molecule has 0 bridgehead atoms. The van der Waals surface area contributed by atoms with Gasteiger partial charge in [0.2, 0.25) is 11.9 Å². The maximum absolute atomic E-state index is 12.6. The zero-order chi connectivity index (χ0) is 46.3. The van der Waals surface area contributed by atoms with Crippen molar-refractivity contribution in [2.24, 2.45) is 14.1 Å². The number of aromatic nitrogens is 9. The summed E-state index contributed by atoms with van der Waals surface area (Å²) in [5.74, 6) is 0.924. The van der Waals surface area contributed by atoms with Gasteiger partial charge < -0.3 is 26.0 Å². The van der Waals surface area contributed by atoms with Crippen molar-refractivity contribution in [2.75, 3.05) is 10.6 Å². The number of nitrogens with one attached hydrogen (secondary N) is 4. The van der Waals surface area contributed by atoms with Gasteiger partial charge in [0.05, 0.1) is 46.4 Å². The van der Waals surface area contributed by atoms with Crippen LogP contribution < -0.4 is 21.3 Å². The zero-order valence-corrected chi connectivity index (χ0v) is 39.4. The molecule has 2 amide bonds. The van der Waals surface area contributed by atoms with Crippen LogP contribution in [0.15, 0.2) is 79.8 Å². The highest BCUT2D eigenvalue weighted by atomic mass is 32.1. The highest BCUT2D eigenvalue weighted by Gasteiger charge is 2.21. The summed E-state index contributed by atoms with van der Waals surface area (Å²) < 4.78 is 8.72. The molecule has 17 heteroatoms. The highest BCUT2D eigenvalue weighted by Crippen LogP contribution is 2.29. The van der Waals surface area contributed by atoms with Crippen molar-refractivity contribution in [2.45, 2.75) is 93.3 Å². The first-order valence-electron chi connectivity index (χ1n) is 20.8. The number of carbonyl (C=O) groups is 2. The van der Waals surface area contributed by atoms with Gasteiger partial charge in [-0.05, 0) is 94.0 Å². The lowest BCUT2D eigenvalue weighted by Crippen LogP contribution is -2.32. The molecule has 4 N–H and O–H groups in total. The molecule has 7 rings (SSSR count). The molecule has 5 heterocycles. The van der Waals surface area contributed by atoms with Gasteiger partial charge in [0, 0.05) is 68.5 Å². The molecule has 0 saturated heterocycles. The van der Waals surface area contributed by atoms with Crippen LogP contribution in [0.4, 0.5) is 28.1 Å². The van der Waals surface area contributed by atoms with E-state index in [4.69, 9.17) is 9.72 Å². The minimum Gasteiger partial charge on any atom is -0.444 e. The number of hydrogen-bond acceptors (Lipinski definition) is 13. The number of alkyl carbamates (subject to hydrolysis) is 1. The highest BCUT2D eigenvalue weighted by molar-refractivity contribution is 7.13. The molecule has 0 unspecified atom stereocenters. The fraction of sp³-hybridized carbons (Fsp3) is 0.340. The molecule has 0 spiro atoms. The molecule has 0 aliphatic carbocycles. The maximum atomic E-state index is 12.6. The van der Waals surface area contributed by atoms with E-state index in [1.165, 1.54) is 11.3 Å². The van der Waals surface area contributed by atoms with Gasteiger partial charge in [-0.25, -0.2) is 29.7 Å². The summed E-state index contributed by atoms with van der Waals surface area (Å²) >= 11 is 1.44. The third kappa shape index (κ3) is 12.6. The van der Waals surface area contributed by atoms with E-state index in [1.54, 1.807) is 34.2 Å². The lowest BCUT2D eigenvalue weighted by atomic mass is 9.98. The number of nitrogens with zero attached hydrogens (tertiary/aromatic N) is 9. The Balaban J connectivity index is 0.000000214. The van der Waals surface area contributed by atoms with Crippen molar-refractivity contribution in [3.05, 3.63) is 123 Å². The Bertz CT molecular complexity index is 2760. The van der Waals surface area contributed by atoms with Gasteiger partial charge in [-0.15, -0.1) is 11.3 Å². The molecule has 0 aliphatic heterocycles. The lowest BCUT2D eigenvalue weighted by Gasteiger charge is -2.20. The number of hydrogen-bond donors (Lipinski definition) is 4. The van der Waals surface area contributed by atoms with Gasteiger partial charge in [0.15, 0.2) is 0 Å². The zero-order valence-electron chi connectivity index (χ0n) is 38.6. The molecular formula is C47H57N13O3S. The van der Waals surface area contributed by atoms with Crippen molar-refractivity contribution in [3.63, 3.8) is 0 Å². The molecular weight excluding hydrogens is 827 g/mol. The monoisotopic (exact) mass is 883 g/mol. The van der Waals surface area contributed by atoms with Crippen LogP contribution in [0, 0.1) is 27.7 Å². The van der Waals surface area contributed by atoms with Gasteiger partial charge >= 0.3 is 6.09 Å². The van der Waals surface area contributed by atoms with Gasteiger partial charge in [-0.3, -0.25) is 14.2 Å². The first-order chi connectivity index (χ1) is 30.2. The SMILES string of the molecule is Cc1cc(-c2nc(Nc3cnn(C)c3)ncc2C)ccc1CNC(=O)OC(C)(C)C.Cc1cc(-c2nc(Nc3cnn(C)c3)ncc2C)ccc1CNC(=O)c1cnc(C(C)(C)C)s1. The molecule has 0 atom stereocenters. The van der Waals surface area contributed by atoms with Crippen LogP contribution in [-0.2, 0) is 37.3 Å². The van der Waals surface area contributed by atoms with Gasteiger partial charge in [0.1, 0.15) is 10.5 Å². The number of amides is 2. The lowest BCUT2D eigenvalue weighted by molar-refractivity contribution is 0.0523. The third-order valence-electron chi connectivity index (χ3n) is 9.73. The van der Waals surface area contributed by atoms with Gasteiger partial charge in [-0.1, -0.05) is 45.0 Å². The normalized spacial score (nSPS) is 11.4. The van der Waals surface area contributed by atoms with E-state index in [0.717, 1.165) is 72.3 Å². The quantitative estimate of drug-likeness (QED) is 0.0965. The van der Waals surface area contributed by atoms with Crippen LogP contribution in [0.3, 0.4) is 0 Å². The summed E-state index contributed by atoms with van der Waals surface area (Å²) in [7, 11) is 3.72. The molecule has 0 fully saturated rings. The second-order valence-corrected chi connectivity index (χ2v) is 18.6. The topological polar surface area (TPSA) is 192 Å². The third-order valence-corrected chi connectivity index (χ3v) is 11.2. The fourth-order valence-corrected chi connectivity index (χ4v) is 7.26. The van der Waals surface area contributed by atoms with Crippen LogP contribution in [0.1, 0.15) is 89.6 Å². The number of ether oxygens (including phenoxy) is 1. The molecule has 334 valence electrons. The Kier molecular flexibility index (Phi) is 14.2. The summed E-state index contributed by atoms with van der Waals surface area (Å²) in [6.07, 6.45) is 12.0. The molecule has 16 nitrogen and oxygen atoms in total. The molecule has 64 heavy (non-hydrogen) atoms. The van der Waals surface area contributed by atoms with E-state index < -0.39 is 11.7 Å². The second-order valence-electron chi connectivity index (χ2n) is 17.6. The molecule has 5 aromatic heterocycles. The Morgan fingerprint density at radius 2 is 1.12 bits per heavy atom. The minimum atomic E-state index is -0.519. The predicted octanol–water partition coefficient (Wildman–Crippen LogP) is 9.18. The number of thiazole rings is 1. The van der Waals surface area contributed by atoms with Crippen LogP contribution in [-0.4, -0.2) is 62.1 Å². The van der Waals surface area contributed by atoms with E-state index >= 15 is 0 Å². The summed E-state index contributed by atoms with van der Waals surface area (Å²) in [6, 6.07) is 12.2. The van der Waals surface area contributed by atoms with Gasteiger partial charge in [0.25, 0.3) is 5.91 Å². The Morgan fingerprint density at radius 3 is 1.53 bits per heavy atom. The van der Waals surface area contributed by atoms with E-state index in [1.807, 2.05) is 105 Å². The average Bonchev–Trinajstić information content (AvgIpc) is 3.99. The molecule has 7 aromatic rings. The Morgan fingerprint density at radius 1 is 0.641 bits per heavy atom. The number of aryl methyl sites for hydroxylation is 6. The summed E-state index contributed by atoms with van der Waals surface area (Å²) in [6.45, 7) is 20.7. The van der Waals surface area contributed by atoms with E-state index in [2.05, 4.69) is 84.3 Å². The number of benzene rings is 2. The first kappa shape index (κ1) is 46.5. The fourth-order valence-electron chi connectivity index (χ4n) is 6.37. The smallest absolute Gasteiger partial charge is 0.407 e. The second kappa shape index (κ2) is 19.6. The summed E-state index contributed by atoms with van der Waals surface area (Å²) in [5, 5.41) is 21.4. The van der Waals surface area contributed by atoms with E-state index in [-0.39, 0.29) is 11.3 Å². The molecule has 0 saturated carbocycles. The predicted molar refractivity (Wildman–Crippen MR) is 252 cm³/mol. The van der Waals surface area contributed by atoms with Crippen molar-refractivity contribution in [1.82, 2.24) is 55.1 Å². The van der Waals surface area contributed by atoms with Gasteiger partial charge in [-0.2, -0.15) is 10.2 Å². The number of carbonyl (C=O) groups excluding carboxylic acids is 2. The summed E-state index contributed by atoms with van der Waals surface area (Å²) in [4.78, 5) is 47.7. The van der Waals surface area contributed by atoms with Crippen molar-refractivity contribution in [3.8, 4) is 22.5 Å². The average molecular weight is 884 g/mol. The van der Waals surface area contributed by atoms with E-state index in [9.17, 15) is 9.59 Å². The number of anilines is 4. The van der Waals surface area contributed by atoms with Crippen molar-refractivity contribution >= 4 is 46.6 Å². The largest absolute Gasteiger partial charge is 0.444 e. The van der Waals surface area contributed by atoms with Crippen LogP contribution in [0.5, 0.6) is 0 Å². The maximum Gasteiger partial charge on any atom is 0.407 e. The van der Waals surface area contributed by atoms with Crippen LogP contribution in [0.2, 0.25) is 0 Å². The van der Waals surface area contributed by atoms with E-state index in [0.29, 0.717) is 29.9 Å². The standard InChI is InChI=1S/C25H29N7OS.C22H28N6O2/c1-15-9-17(21-16(2)10-28-24(31-21)30-19-12-29-32(6)14-19)7-8-18(15)11-26-22(33)20-13-27-23(34-20)25(3,4)5;1-14-9-16(7-8-17(14)11-24-21(29)30-22(3,4)5)19-15(2)10-23-20(27-19)26-18-12-25-28(6)13-18/h7-10,12-14H,11H2,1-6H3,(H,26,33)(H,28,30,31);7-10,12-13H,11H2,1-6H3,(H,24,29)(H,23,26,27). The summed E-state index contributed by atoms with van der Waals surface area (Å²) in [5.41, 5.74) is 10.9. The van der Waals surface area contributed by atoms with Crippen LogP contribution in [0.25, 0.3) is 22.5 Å². The minimum absolute atomic E-state index is 0.0674. The number of rotatable bonds is 11. The molecule has 2 aromatic carbocycles. The first-order valence-corrected chi connectivity index (χ1v) is 21.6. The molecule has 0 aliphatic rings. The van der Waals surface area contributed by atoms with Crippen LogP contribution >= 0.6 is 11.3 Å². The Labute approximate surface area is 378 Å². The van der Waals surface area contributed by atoms with Crippen molar-refractivity contribution < 1.29 is 14.3 Å².